The van der Waals surface area contributed by atoms with E-state index in [0.717, 1.165) is 18.9 Å². The number of nitrogens with zero attached hydrogens (tertiary/aromatic N) is 5. The number of allylic oxidation sites excluding steroid dienone is 2. The molecule has 26 heavy (non-hydrogen) atoms. The molecule has 1 aliphatic carbocycles. The van der Waals surface area contributed by atoms with E-state index in [0.29, 0.717) is 25.1 Å². The molecule has 2 aromatic heterocycles. The van der Waals surface area contributed by atoms with Crippen LogP contribution in [0.15, 0.2) is 36.3 Å². The Labute approximate surface area is 153 Å². The maximum Gasteiger partial charge on any atom is 0.253 e. The van der Waals surface area contributed by atoms with Crippen LogP contribution in [0.5, 0.6) is 0 Å². The first-order chi connectivity index (χ1) is 12.4. The normalized spacial score (nSPS) is 28.3. The van der Waals surface area contributed by atoms with Crippen molar-refractivity contribution in [3.05, 3.63) is 47.0 Å². The molecule has 0 amide bonds. The molecule has 1 saturated heterocycles. The highest BCUT2D eigenvalue weighted by Gasteiger charge is 2.50. The van der Waals surface area contributed by atoms with Crippen LogP contribution in [0, 0.1) is 5.92 Å². The Bertz CT molecular complexity index is 903. The van der Waals surface area contributed by atoms with Crippen molar-refractivity contribution in [2.75, 3.05) is 13.1 Å². The van der Waals surface area contributed by atoms with E-state index < -0.39 is 23.4 Å². The molecular formula is C17H17ClF3N5. The number of fused-ring (bicyclic) bond motifs is 1. The monoisotopic (exact) mass is 383 g/mol. The Morgan fingerprint density at radius 1 is 1.27 bits per heavy atom. The topological polar surface area (TPSA) is 46.3 Å². The Balaban J connectivity index is 1.82. The Hall–Kier alpha value is -1.93. The van der Waals surface area contributed by atoms with Crippen molar-refractivity contribution < 1.29 is 13.2 Å². The van der Waals surface area contributed by atoms with Gasteiger partial charge in [-0.25, -0.2) is 17.7 Å². The number of halogens is 4. The second kappa shape index (κ2) is 6.35. The van der Waals surface area contributed by atoms with Crippen LogP contribution in [-0.4, -0.2) is 43.4 Å². The molecular weight excluding hydrogens is 367 g/mol. The fraction of sp³-hybridized carbons (Fsp3) is 0.471. The Kier molecular flexibility index (Phi) is 4.27. The Morgan fingerprint density at radius 3 is 2.73 bits per heavy atom. The van der Waals surface area contributed by atoms with E-state index in [1.165, 1.54) is 21.9 Å². The summed E-state index contributed by atoms with van der Waals surface area (Å²) in [6.45, 7) is 2.89. The van der Waals surface area contributed by atoms with Crippen molar-refractivity contribution in [1.82, 2.24) is 24.5 Å². The summed E-state index contributed by atoms with van der Waals surface area (Å²) in [5, 5.41) is 3.86. The molecule has 2 aliphatic rings. The van der Waals surface area contributed by atoms with Gasteiger partial charge >= 0.3 is 0 Å². The lowest BCUT2D eigenvalue weighted by Gasteiger charge is -2.44. The summed E-state index contributed by atoms with van der Waals surface area (Å²) in [5.74, 6) is -5.01. The molecule has 2 aromatic rings. The van der Waals surface area contributed by atoms with Gasteiger partial charge in [0.15, 0.2) is 5.79 Å². The maximum absolute atomic E-state index is 16.1. The second-order valence-corrected chi connectivity index (χ2v) is 7.24. The molecule has 4 rings (SSSR count). The van der Waals surface area contributed by atoms with Crippen molar-refractivity contribution in [3.63, 3.8) is 0 Å². The van der Waals surface area contributed by atoms with Gasteiger partial charge in [0.25, 0.3) is 5.78 Å². The average Bonchev–Trinajstić information content (AvgIpc) is 3.01. The maximum atomic E-state index is 16.1. The van der Waals surface area contributed by atoms with Gasteiger partial charge in [-0.1, -0.05) is 18.5 Å². The van der Waals surface area contributed by atoms with Gasteiger partial charge in [0.1, 0.15) is 23.1 Å². The number of aromatic nitrogens is 4. The molecule has 9 heteroatoms. The molecule has 2 atom stereocenters. The SMILES string of the molecule is CC1CCN(C2(F)C=C(F)C=C(F)C2c2cn3ncnc3nc2Cl)CC1. The van der Waals surface area contributed by atoms with Crippen molar-refractivity contribution in [1.29, 1.82) is 0 Å². The molecule has 1 fully saturated rings. The average molecular weight is 384 g/mol. The van der Waals surface area contributed by atoms with E-state index in [1.54, 1.807) is 0 Å². The molecule has 5 nitrogen and oxygen atoms in total. The summed E-state index contributed by atoms with van der Waals surface area (Å²) >= 11 is 6.20. The summed E-state index contributed by atoms with van der Waals surface area (Å²) in [5.41, 5.74) is 0.100. The van der Waals surface area contributed by atoms with E-state index in [1.807, 2.05) is 0 Å². The van der Waals surface area contributed by atoms with Crippen molar-refractivity contribution >= 4 is 17.4 Å². The minimum Gasteiger partial charge on any atom is -0.267 e. The summed E-state index contributed by atoms with van der Waals surface area (Å²) < 4.78 is 46.2. The molecule has 2 unspecified atom stereocenters. The number of alkyl halides is 1. The fourth-order valence-electron chi connectivity index (χ4n) is 3.66. The first kappa shape index (κ1) is 17.5. The molecule has 3 heterocycles. The van der Waals surface area contributed by atoms with E-state index in [-0.39, 0.29) is 16.5 Å². The summed E-state index contributed by atoms with van der Waals surface area (Å²) in [4.78, 5) is 9.43. The second-order valence-electron chi connectivity index (χ2n) is 6.88. The van der Waals surface area contributed by atoms with Crippen LogP contribution in [0.2, 0.25) is 5.15 Å². The zero-order valence-electron chi connectivity index (χ0n) is 14.0. The smallest absolute Gasteiger partial charge is 0.253 e. The number of rotatable bonds is 2. The third-order valence-electron chi connectivity index (χ3n) is 5.13. The van der Waals surface area contributed by atoms with Crippen LogP contribution in [0.25, 0.3) is 5.78 Å². The van der Waals surface area contributed by atoms with Crippen molar-refractivity contribution in [2.24, 2.45) is 5.92 Å². The minimum absolute atomic E-state index is 0.0813. The van der Waals surface area contributed by atoms with Gasteiger partial charge in [-0.2, -0.15) is 15.1 Å². The van der Waals surface area contributed by atoms with E-state index >= 15 is 4.39 Å². The molecule has 0 bridgehead atoms. The summed E-state index contributed by atoms with van der Waals surface area (Å²) in [6, 6.07) is 0. The third-order valence-corrected chi connectivity index (χ3v) is 5.43. The molecule has 1 aliphatic heterocycles. The Morgan fingerprint density at radius 2 is 2.00 bits per heavy atom. The lowest BCUT2D eigenvalue weighted by Crippen LogP contribution is -2.52. The zero-order valence-corrected chi connectivity index (χ0v) is 14.8. The number of hydrogen-bond donors (Lipinski definition) is 0. The third kappa shape index (κ3) is 2.81. The van der Waals surface area contributed by atoms with Gasteiger partial charge < -0.3 is 0 Å². The number of hydrogen-bond acceptors (Lipinski definition) is 4. The van der Waals surface area contributed by atoms with Gasteiger partial charge in [-0.15, -0.1) is 0 Å². The van der Waals surface area contributed by atoms with E-state index in [2.05, 4.69) is 22.0 Å². The molecule has 0 aromatic carbocycles. The van der Waals surface area contributed by atoms with Crippen LogP contribution in [0.1, 0.15) is 31.2 Å². The van der Waals surface area contributed by atoms with Gasteiger partial charge in [0.05, 0.1) is 5.92 Å². The molecule has 0 radical (unpaired) electrons. The predicted molar refractivity (Wildman–Crippen MR) is 90.7 cm³/mol. The molecule has 0 spiro atoms. The van der Waals surface area contributed by atoms with Gasteiger partial charge in [0, 0.05) is 37.0 Å². The van der Waals surface area contributed by atoms with Gasteiger partial charge in [-0.05, 0) is 18.8 Å². The standard InChI is InChI=1S/C17H17ClF3N5/c1-10-2-4-25(5-3-10)17(21)7-11(19)6-13(20)14(17)12-8-26-16(22-9-23-26)24-15(12)18/h6-10,14H,2-5H2,1H3. The van der Waals surface area contributed by atoms with Crippen molar-refractivity contribution in [3.8, 4) is 0 Å². The quantitative estimate of drug-likeness (QED) is 0.581. The van der Waals surface area contributed by atoms with Gasteiger partial charge in [-0.3, -0.25) is 4.90 Å². The predicted octanol–water partition coefficient (Wildman–Crippen LogP) is 3.98. The largest absolute Gasteiger partial charge is 0.267 e. The minimum atomic E-state index is -2.37. The van der Waals surface area contributed by atoms with E-state index in [9.17, 15) is 8.78 Å². The van der Waals surface area contributed by atoms with Crippen molar-refractivity contribution in [2.45, 2.75) is 31.5 Å². The zero-order chi connectivity index (χ0) is 18.5. The van der Waals surface area contributed by atoms with Crippen LogP contribution in [0.4, 0.5) is 13.2 Å². The number of likely N-dealkylation sites (tertiary alicyclic amines) is 1. The number of piperidine rings is 1. The first-order valence-corrected chi connectivity index (χ1v) is 8.81. The molecule has 138 valence electrons. The first-order valence-electron chi connectivity index (χ1n) is 8.43. The highest BCUT2D eigenvalue weighted by atomic mass is 35.5. The van der Waals surface area contributed by atoms with Crippen LogP contribution >= 0.6 is 11.6 Å². The van der Waals surface area contributed by atoms with Crippen LogP contribution < -0.4 is 0 Å². The van der Waals surface area contributed by atoms with E-state index in [4.69, 9.17) is 11.6 Å². The summed E-state index contributed by atoms with van der Waals surface area (Å²) in [6.07, 6.45) is 5.70. The van der Waals surface area contributed by atoms with Gasteiger partial charge in [0.2, 0.25) is 0 Å². The highest BCUT2D eigenvalue weighted by Crippen LogP contribution is 2.48. The fourth-order valence-corrected chi connectivity index (χ4v) is 3.90. The molecule has 0 N–H and O–H groups in total. The lowest BCUT2D eigenvalue weighted by atomic mass is 9.83. The van der Waals surface area contributed by atoms with Crippen LogP contribution in [0.3, 0.4) is 0 Å². The summed E-state index contributed by atoms with van der Waals surface area (Å²) in [7, 11) is 0. The lowest BCUT2D eigenvalue weighted by molar-refractivity contribution is -0.0338. The molecule has 0 saturated carbocycles. The highest BCUT2D eigenvalue weighted by molar-refractivity contribution is 6.30. The van der Waals surface area contributed by atoms with Crippen LogP contribution in [-0.2, 0) is 0 Å².